The average molecular weight is 553 g/mol. The van der Waals surface area contributed by atoms with Gasteiger partial charge in [0.15, 0.2) is 8.32 Å². The zero-order valence-corrected chi connectivity index (χ0v) is 24.7. The summed E-state index contributed by atoms with van der Waals surface area (Å²) in [5, 5.41) is 11.2. The van der Waals surface area contributed by atoms with Crippen LogP contribution in [-0.4, -0.2) is 54.5 Å². The molecule has 1 aromatic carbocycles. The van der Waals surface area contributed by atoms with Crippen molar-refractivity contribution in [3.05, 3.63) is 63.4 Å². The molecule has 1 amide bonds. The molecule has 0 aliphatic carbocycles. The van der Waals surface area contributed by atoms with E-state index < -0.39 is 31.0 Å². The molecule has 204 valence electrons. The number of nitrogens with zero attached hydrogens (tertiary/aromatic N) is 3. The molecule has 2 rings (SSSR count). The average Bonchev–Trinajstić information content (AvgIpc) is 2.76. The molecule has 9 nitrogen and oxygen atoms in total. The molecule has 0 saturated carbocycles. The van der Waals surface area contributed by atoms with Crippen LogP contribution in [0, 0.1) is 10.1 Å². The molecule has 1 heterocycles. The van der Waals surface area contributed by atoms with Crippen molar-refractivity contribution >= 4 is 31.7 Å². The standard InChI is InChI=1S/C26H38ClN3O6Si/c1-25(2,3)35-24(31)29(15-16-34-21-12-10-20(11-13-21)30(32)33)18-22(19-9-14-23(27)28-17-19)36-37(7,8)26(4,5)6/h9-14,17,22H,15-16,18H2,1-8H3/i24+1. The molecule has 0 spiro atoms. The Morgan fingerprint density at radius 2 is 1.73 bits per heavy atom. The summed E-state index contributed by atoms with van der Waals surface area (Å²) in [6, 6.07) is 9.36. The van der Waals surface area contributed by atoms with Crippen molar-refractivity contribution in [3.8, 4) is 5.75 Å². The Morgan fingerprint density at radius 3 is 2.22 bits per heavy atom. The van der Waals surface area contributed by atoms with Crippen LogP contribution in [0.2, 0.25) is 23.3 Å². The summed E-state index contributed by atoms with van der Waals surface area (Å²) in [6.07, 6.45) is 0.712. The van der Waals surface area contributed by atoms with E-state index in [-0.39, 0.29) is 30.4 Å². The predicted molar refractivity (Wildman–Crippen MR) is 147 cm³/mol. The van der Waals surface area contributed by atoms with E-state index in [1.54, 1.807) is 17.2 Å². The molecule has 1 unspecified atom stereocenters. The quantitative estimate of drug-likeness (QED) is 0.102. The molecule has 0 N–H and O–H groups in total. The summed E-state index contributed by atoms with van der Waals surface area (Å²) in [7, 11) is -2.24. The normalized spacial score (nSPS) is 13.1. The van der Waals surface area contributed by atoms with Crippen LogP contribution in [0.4, 0.5) is 10.5 Å². The van der Waals surface area contributed by atoms with Crippen molar-refractivity contribution in [1.29, 1.82) is 0 Å². The van der Waals surface area contributed by atoms with Gasteiger partial charge in [0.2, 0.25) is 0 Å². The summed E-state index contributed by atoms with van der Waals surface area (Å²) >= 11 is 6.02. The van der Waals surface area contributed by atoms with E-state index in [1.807, 2.05) is 26.8 Å². The number of pyridine rings is 1. The summed E-state index contributed by atoms with van der Waals surface area (Å²) in [6.45, 7) is 16.8. The van der Waals surface area contributed by atoms with E-state index in [0.29, 0.717) is 10.9 Å². The van der Waals surface area contributed by atoms with Crippen molar-refractivity contribution in [3.63, 3.8) is 0 Å². The Morgan fingerprint density at radius 1 is 1.11 bits per heavy atom. The highest BCUT2D eigenvalue weighted by molar-refractivity contribution is 6.74. The minimum Gasteiger partial charge on any atom is -0.492 e. The van der Waals surface area contributed by atoms with Crippen molar-refractivity contribution in [2.75, 3.05) is 19.7 Å². The highest BCUT2D eigenvalue weighted by Gasteiger charge is 2.40. The molecular weight excluding hydrogens is 515 g/mol. The maximum absolute atomic E-state index is 13.2. The molecule has 0 bridgehead atoms. The maximum Gasteiger partial charge on any atom is 0.410 e. The minimum atomic E-state index is -2.24. The Labute approximate surface area is 225 Å². The Kier molecular flexibility index (Phi) is 10.1. The predicted octanol–water partition coefficient (Wildman–Crippen LogP) is 7.02. The van der Waals surface area contributed by atoms with Gasteiger partial charge in [-0.05, 0) is 62.7 Å². The maximum atomic E-state index is 13.2. The van der Waals surface area contributed by atoms with Crippen LogP contribution in [0.15, 0.2) is 42.6 Å². The van der Waals surface area contributed by atoms with Gasteiger partial charge in [-0.3, -0.25) is 10.1 Å². The smallest absolute Gasteiger partial charge is 0.410 e. The highest BCUT2D eigenvalue weighted by Crippen LogP contribution is 2.40. The lowest BCUT2D eigenvalue weighted by atomic mass is 10.1. The van der Waals surface area contributed by atoms with E-state index in [1.165, 1.54) is 24.3 Å². The van der Waals surface area contributed by atoms with Gasteiger partial charge in [0, 0.05) is 18.3 Å². The lowest BCUT2D eigenvalue weighted by molar-refractivity contribution is -0.384. The van der Waals surface area contributed by atoms with Crippen LogP contribution in [0.1, 0.15) is 53.2 Å². The first kappa shape index (κ1) is 30.5. The molecule has 0 aliphatic rings. The summed E-state index contributed by atoms with van der Waals surface area (Å²) in [5.74, 6) is 0.464. The first-order valence-corrected chi connectivity index (χ1v) is 15.4. The number of carbonyl (C=O) groups is 1. The Bertz CT molecular complexity index is 1050. The monoisotopic (exact) mass is 552 g/mol. The molecule has 11 heteroatoms. The van der Waals surface area contributed by atoms with Gasteiger partial charge in [-0.25, -0.2) is 9.78 Å². The van der Waals surface area contributed by atoms with Gasteiger partial charge in [-0.15, -0.1) is 0 Å². The third kappa shape index (κ3) is 9.60. The molecular formula is C26H38ClN3O6Si. The molecule has 1 aromatic heterocycles. The fourth-order valence-electron chi connectivity index (χ4n) is 3.04. The molecule has 0 aliphatic heterocycles. The van der Waals surface area contributed by atoms with Crippen LogP contribution >= 0.6 is 11.6 Å². The van der Waals surface area contributed by atoms with Gasteiger partial charge < -0.3 is 18.8 Å². The summed E-state index contributed by atoms with van der Waals surface area (Å²) in [5.41, 5.74) is 0.0932. The molecule has 37 heavy (non-hydrogen) atoms. The van der Waals surface area contributed by atoms with Gasteiger partial charge in [0.1, 0.15) is 23.1 Å². The van der Waals surface area contributed by atoms with Gasteiger partial charge >= 0.3 is 6.09 Å². The SMILES string of the molecule is CC(C)(C)O[13C](=O)N(CCOc1ccc([N+](=O)[O-])cc1)CC(O[Si](C)(C)C(C)(C)C)c1ccc(Cl)nc1. The zero-order chi connectivity index (χ0) is 28.0. The van der Waals surface area contributed by atoms with Crippen LogP contribution in [0.25, 0.3) is 0 Å². The molecule has 2 aromatic rings. The number of hydrogen-bond donors (Lipinski definition) is 0. The number of halogens is 1. The summed E-state index contributed by atoms with van der Waals surface area (Å²) in [4.78, 5) is 29.4. The fraction of sp³-hybridized carbons (Fsp3) is 0.538. The second kappa shape index (κ2) is 12.2. The van der Waals surface area contributed by atoms with E-state index in [4.69, 9.17) is 25.5 Å². The number of aromatic nitrogens is 1. The number of hydrogen-bond acceptors (Lipinski definition) is 7. The van der Waals surface area contributed by atoms with Gasteiger partial charge in [-0.2, -0.15) is 0 Å². The third-order valence-corrected chi connectivity index (χ3v) is 10.8. The number of carbonyl (C=O) groups excluding carboxylic acids is 1. The van der Waals surface area contributed by atoms with E-state index in [2.05, 4.69) is 38.8 Å². The number of non-ortho nitro benzene ring substituents is 1. The largest absolute Gasteiger partial charge is 0.492 e. The number of amides is 1. The van der Waals surface area contributed by atoms with Gasteiger partial charge in [0.25, 0.3) is 5.69 Å². The number of benzene rings is 1. The summed E-state index contributed by atoms with van der Waals surface area (Å²) < 4.78 is 18.2. The number of ether oxygens (including phenoxy) is 2. The minimum absolute atomic E-state index is 0.0232. The molecule has 0 fully saturated rings. The lowest BCUT2D eigenvalue weighted by Crippen LogP contribution is -2.46. The fourth-order valence-corrected chi connectivity index (χ4v) is 4.43. The highest BCUT2D eigenvalue weighted by atomic mass is 35.5. The molecule has 0 radical (unpaired) electrons. The van der Waals surface area contributed by atoms with Gasteiger partial charge in [0.05, 0.1) is 24.1 Å². The number of nitro groups is 1. The van der Waals surface area contributed by atoms with E-state index in [0.717, 1.165) is 5.56 Å². The van der Waals surface area contributed by atoms with E-state index >= 15 is 0 Å². The van der Waals surface area contributed by atoms with Crippen LogP contribution in [0.5, 0.6) is 5.75 Å². The van der Waals surface area contributed by atoms with Crippen molar-refractivity contribution in [2.24, 2.45) is 0 Å². The number of nitro benzene ring substituents is 1. The first-order valence-electron chi connectivity index (χ1n) is 12.1. The van der Waals surface area contributed by atoms with Crippen molar-refractivity contribution in [2.45, 2.75) is 71.4 Å². The van der Waals surface area contributed by atoms with Crippen molar-refractivity contribution < 1.29 is 23.6 Å². The molecule has 1 atom stereocenters. The second-order valence-electron chi connectivity index (χ2n) is 11.3. The lowest BCUT2D eigenvalue weighted by Gasteiger charge is -2.40. The second-order valence-corrected chi connectivity index (χ2v) is 16.5. The first-order chi connectivity index (χ1) is 17.0. The van der Waals surface area contributed by atoms with Crippen molar-refractivity contribution in [1.82, 2.24) is 9.88 Å². The van der Waals surface area contributed by atoms with Crippen LogP contribution in [0.3, 0.4) is 0 Å². The van der Waals surface area contributed by atoms with Crippen LogP contribution < -0.4 is 4.74 Å². The Hall–Kier alpha value is -2.69. The van der Waals surface area contributed by atoms with E-state index in [9.17, 15) is 14.9 Å². The topological polar surface area (TPSA) is 104 Å². The zero-order valence-electron chi connectivity index (χ0n) is 22.9. The van der Waals surface area contributed by atoms with Gasteiger partial charge in [-0.1, -0.05) is 38.4 Å². The Balaban J connectivity index is 2.27. The van der Waals surface area contributed by atoms with Crippen LogP contribution in [-0.2, 0) is 9.16 Å². The third-order valence-electron chi connectivity index (χ3n) is 6.08. The number of rotatable bonds is 10. The molecule has 0 saturated heterocycles.